The normalized spacial score (nSPS) is 15.3. The lowest BCUT2D eigenvalue weighted by atomic mass is 10.2. The first-order valence-electron chi connectivity index (χ1n) is 8.20. The fourth-order valence-electron chi connectivity index (χ4n) is 2.48. The Balaban J connectivity index is 1.63. The number of carbonyl (C=O) groups excluding carboxylic acids is 2. The van der Waals surface area contributed by atoms with Crippen molar-refractivity contribution in [1.29, 1.82) is 0 Å². The van der Waals surface area contributed by atoms with E-state index in [0.717, 1.165) is 10.0 Å². The molecular weight excluding hydrogens is 539 g/mol. The first-order valence-corrected chi connectivity index (χ1v) is 11.3. The third-order valence-corrected chi connectivity index (χ3v) is 6.77. The van der Waals surface area contributed by atoms with Gasteiger partial charge in [0.05, 0.1) is 25.7 Å². The van der Waals surface area contributed by atoms with Gasteiger partial charge in [-0.3, -0.25) is 14.5 Å². The van der Waals surface area contributed by atoms with Crippen LogP contribution in [0.25, 0.3) is 6.08 Å². The van der Waals surface area contributed by atoms with Crippen LogP contribution >= 0.6 is 74.7 Å². The molecule has 0 aliphatic carbocycles. The molecule has 29 heavy (non-hydrogen) atoms. The molecule has 150 valence electrons. The molecule has 1 N–H and O–H groups in total. The highest BCUT2D eigenvalue weighted by molar-refractivity contribution is 9.10. The van der Waals surface area contributed by atoms with Crippen molar-refractivity contribution in [2.24, 2.45) is 0 Å². The summed E-state index contributed by atoms with van der Waals surface area (Å²) < 4.78 is 1.33. The second kappa shape index (κ2) is 9.81. The number of benzene rings is 2. The minimum atomic E-state index is -0.324. The van der Waals surface area contributed by atoms with E-state index in [1.165, 1.54) is 28.8 Å². The predicted molar refractivity (Wildman–Crippen MR) is 129 cm³/mol. The van der Waals surface area contributed by atoms with Gasteiger partial charge in [0.25, 0.3) is 5.91 Å². The van der Waals surface area contributed by atoms with Crippen molar-refractivity contribution >= 4 is 103 Å². The van der Waals surface area contributed by atoms with Crippen LogP contribution in [-0.2, 0) is 9.59 Å². The molecule has 1 aliphatic rings. The lowest BCUT2D eigenvalue weighted by molar-refractivity contribution is -0.122. The van der Waals surface area contributed by atoms with Crippen molar-refractivity contribution in [1.82, 2.24) is 4.90 Å². The number of amides is 2. The van der Waals surface area contributed by atoms with Crippen LogP contribution in [0.3, 0.4) is 0 Å². The molecule has 1 aliphatic heterocycles. The van der Waals surface area contributed by atoms with Gasteiger partial charge in [-0.2, -0.15) is 0 Å². The summed E-state index contributed by atoms with van der Waals surface area (Å²) in [6.07, 6.45) is 1.83. The van der Waals surface area contributed by atoms with E-state index in [2.05, 4.69) is 21.2 Å². The summed E-state index contributed by atoms with van der Waals surface area (Å²) in [7, 11) is 0. The van der Waals surface area contributed by atoms with Gasteiger partial charge >= 0.3 is 0 Å². The standard InChI is InChI=1S/C19H12BrCl3N2O2S2/c20-11-3-1-2-10(6-11)7-16-18(27)25(19(28)29-16)5-4-17(26)24-15-9-13(22)12(21)8-14(15)23/h1-3,6-9H,4-5H2,(H,24,26)/b16-7-. The molecule has 4 nitrogen and oxygen atoms in total. The summed E-state index contributed by atoms with van der Waals surface area (Å²) in [4.78, 5) is 26.9. The van der Waals surface area contributed by atoms with Gasteiger partial charge in [0.1, 0.15) is 4.32 Å². The highest BCUT2D eigenvalue weighted by atomic mass is 79.9. The molecule has 2 amide bonds. The maximum atomic E-state index is 12.7. The summed E-state index contributed by atoms with van der Waals surface area (Å²) in [6.45, 7) is 0.158. The fourth-order valence-corrected chi connectivity index (χ4v) is 4.80. The van der Waals surface area contributed by atoms with Gasteiger partial charge in [-0.15, -0.1) is 0 Å². The van der Waals surface area contributed by atoms with Crippen molar-refractivity contribution in [3.05, 3.63) is 66.4 Å². The topological polar surface area (TPSA) is 49.4 Å². The largest absolute Gasteiger partial charge is 0.325 e. The van der Waals surface area contributed by atoms with Crippen LogP contribution in [0.2, 0.25) is 15.1 Å². The second-order valence-corrected chi connectivity index (χ2v) is 9.75. The minimum absolute atomic E-state index is 0.0488. The Morgan fingerprint density at radius 1 is 1.17 bits per heavy atom. The number of nitrogens with zero attached hydrogens (tertiary/aromatic N) is 1. The van der Waals surface area contributed by atoms with Gasteiger partial charge in [-0.25, -0.2) is 0 Å². The Labute approximate surface area is 200 Å². The quantitative estimate of drug-likeness (QED) is 0.258. The number of thiocarbonyl (C=S) groups is 1. The van der Waals surface area contributed by atoms with Crippen molar-refractivity contribution in [2.45, 2.75) is 6.42 Å². The van der Waals surface area contributed by atoms with Crippen LogP contribution < -0.4 is 5.32 Å². The monoisotopic (exact) mass is 548 g/mol. The van der Waals surface area contributed by atoms with Crippen molar-refractivity contribution in [3.63, 3.8) is 0 Å². The zero-order valence-electron chi connectivity index (χ0n) is 14.5. The second-order valence-electron chi connectivity index (χ2n) is 5.93. The van der Waals surface area contributed by atoms with Gasteiger partial charge < -0.3 is 5.32 Å². The highest BCUT2D eigenvalue weighted by Gasteiger charge is 2.32. The molecule has 1 heterocycles. The Morgan fingerprint density at radius 2 is 1.90 bits per heavy atom. The van der Waals surface area contributed by atoms with E-state index >= 15 is 0 Å². The predicted octanol–water partition coefficient (Wildman–Crippen LogP) is 6.64. The zero-order valence-corrected chi connectivity index (χ0v) is 20.0. The summed E-state index contributed by atoms with van der Waals surface area (Å²) in [6, 6.07) is 10.5. The SMILES string of the molecule is O=C(CCN1C(=O)/C(=C/c2cccc(Br)c2)SC1=S)Nc1cc(Cl)c(Cl)cc1Cl. The van der Waals surface area contributed by atoms with E-state index in [1.54, 1.807) is 6.08 Å². The van der Waals surface area contributed by atoms with Gasteiger partial charge in [0, 0.05) is 17.4 Å². The van der Waals surface area contributed by atoms with Crippen LogP contribution in [0.1, 0.15) is 12.0 Å². The van der Waals surface area contributed by atoms with E-state index in [9.17, 15) is 9.59 Å². The molecular formula is C19H12BrCl3N2O2S2. The average molecular weight is 551 g/mol. The molecule has 0 saturated carbocycles. The Hall–Kier alpha value is -1.09. The van der Waals surface area contributed by atoms with Gasteiger partial charge in [-0.05, 0) is 35.9 Å². The molecule has 0 radical (unpaired) electrons. The van der Waals surface area contributed by atoms with Crippen molar-refractivity contribution in [3.8, 4) is 0 Å². The zero-order chi connectivity index (χ0) is 21.1. The van der Waals surface area contributed by atoms with E-state index < -0.39 is 0 Å². The first-order chi connectivity index (χ1) is 13.7. The van der Waals surface area contributed by atoms with Crippen molar-refractivity contribution < 1.29 is 9.59 Å². The maximum absolute atomic E-state index is 12.7. The number of hydrogen-bond donors (Lipinski definition) is 1. The van der Waals surface area contributed by atoms with E-state index in [4.69, 9.17) is 47.0 Å². The summed E-state index contributed by atoms with van der Waals surface area (Å²) in [5.41, 5.74) is 1.23. The number of hydrogen-bond acceptors (Lipinski definition) is 4. The molecule has 0 bridgehead atoms. The van der Waals surface area contributed by atoms with Gasteiger partial charge in [0.2, 0.25) is 5.91 Å². The Kier molecular flexibility index (Phi) is 7.64. The van der Waals surface area contributed by atoms with E-state index in [0.29, 0.717) is 19.9 Å². The molecule has 1 fully saturated rings. The molecule has 3 rings (SSSR count). The number of thioether (sulfide) groups is 1. The van der Waals surface area contributed by atoms with Crippen LogP contribution in [0.4, 0.5) is 5.69 Å². The smallest absolute Gasteiger partial charge is 0.266 e. The lowest BCUT2D eigenvalue weighted by Gasteiger charge is -2.14. The lowest BCUT2D eigenvalue weighted by Crippen LogP contribution is -2.31. The maximum Gasteiger partial charge on any atom is 0.266 e. The third-order valence-electron chi connectivity index (χ3n) is 3.87. The number of carbonyl (C=O) groups is 2. The third kappa shape index (κ3) is 5.75. The Morgan fingerprint density at radius 3 is 2.62 bits per heavy atom. The van der Waals surface area contributed by atoms with Crippen LogP contribution in [0, 0.1) is 0 Å². The highest BCUT2D eigenvalue weighted by Crippen LogP contribution is 2.34. The molecule has 2 aromatic carbocycles. The van der Waals surface area contributed by atoms with Crippen LogP contribution in [0.15, 0.2) is 45.8 Å². The molecule has 0 atom stereocenters. The Bertz CT molecular complexity index is 1050. The van der Waals surface area contributed by atoms with Crippen molar-refractivity contribution in [2.75, 3.05) is 11.9 Å². The molecule has 10 heteroatoms. The fraction of sp³-hybridized carbons (Fsp3) is 0.105. The average Bonchev–Trinajstić information content (AvgIpc) is 2.91. The number of anilines is 1. The van der Waals surface area contributed by atoms with Gasteiger partial charge in [-0.1, -0.05) is 86.8 Å². The number of rotatable bonds is 5. The summed E-state index contributed by atoms with van der Waals surface area (Å²) >= 11 is 27.8. The minimum Gasteiger partial charge on any atom is -0.325 e. The number of nitrogens with one attached hydrogen (secondary N) is 1. The van der Waals surface area contributed by atoms with Gasteiger partial charge in [0.15, 0.2) is 0 Å². The van der Waals surface area contributed by atoms with E-state index in [1.807, 2.05) is 24.3 Å². The molecule has 0 spiro atoms. The van der Waals surface area contributed by atoms with E-state index in [-0.39, 0.29) is 34.8 Å². The molecule has 0 unspecified atom stereocenters. The molecule has 0 aromatic heterocycles. The molecule has 1 saturated heterocycles. The first kappa shape index (κ1) is 22.6. The summed E-state index contributed by atoms with van der Waals surface area (Å²) in [5.74, 6) is -0.546. The number of halogens is 4. The summed E-state index contributed by atoms with van der Waals surface area (Å²) in [5, 5.41) is 3.52. The molecule has 2 aromatic rings. The van der Waals surface area contributed by atoms with Crippen LogP contribution in [-0.4, -0.2) is 27.6 Å². The van der Waals surface area contributed by atoms with Crippen LogP contribution in [0.5, 0.6) is 0 Å².